The van der Waals surface area contributed by atoms with Crippen molar-refractivity contribution in [2.24, 2.45) is 0 Å². The van der Waals surface area contributed by atoms with E-state index in [1.807, 2.05) is 66.5 Å². The normalized spacial score (nSPS) is 14.3. The number of carbonyl (C=O) groups is 2. The summed E-state index contributed by atoms with van der Waals surface area (Å²) in [6.07, 6.45) is 2.31. The molecule has 2 amide bonds. The highest BCUT2D eigenvalue weighted by molar-refractivity contribution is 6.09. The van der Waals surface area contributed by atoms with E-state index in [-0.39, 0.29) is 12.0 Å². The second-order valence-electron chi connectivity index (χ2n) is 8.51. The van der Waals surface area contributed by atoms with Crippen LogP contribution in [0.3, 0.4) is 0 Å². The Bertz CT molecular complexity index is 1170. The molecule has 1 aromatic heterocycles. The lowest BCUT2D eigenvalue weighted by atomic mass is 10.1. The molecular formula is C26H29N5O4. The van der Waals surface area contributed by atoms with Crippen LogP contribution in [0.2, 0.25) is 0 Å². The molecule has 0 aliphatic carbocycles. The van der Waals surface area contributed by atoms with Crippen molar-refractivity contribution in [3.05, 3.63) is 83.8 Å². The van der Waals surface area contributed by atoms with Crippen LogP contribution in [-0.2, 0) is 11.3 Å². The summed E-state index contributed by atoms with van der Waals surface area (Å²) in [5.74, 6) is 0.492. The van der Waals surface area contributed by atoms with E-state index < -0.39 is 6.09 Å². The number of fused-ring (bicyclic) bond motifs is 1. The molecule has 1 atom stereocenters. The van der Waals surface area contributed by atoms with Gasteiger partial charge in [0, 0.05) is 45.6 Å². The van der Waals surface area contributed by atoms with Gasteiger partial charge < -0.3 is 24.5 Å². The molecule has 182 valence electrons. The van der Waals surface area contributed by atoms with Gasteiger partial charge in [-0.2, -0.15) is 0 Å². The first kappa shape index (κ1) is 24.2. The Hall–Kier alpha value is -3.98. The molecule has 2 heterocycles. The van der Waals surface area contributed by atoms with Crippen molar-refractivity contribution in [2.75, 3.05) is 43.5 Å². The Labute approximate surface area is 204 Å². The number of carboxylic acid groups (broad SMARTS) is 1. The van der Waals surface area contributed by atoms with Crippen LogP contribution in [0.5, 0.6) is 0 Å². The van der Waals surface area contributed by atoms with Crippen molar-refractivity contribution < 1.29 is 19.4 Å². The van der Waals surface area contributed by atoms with Gasteiger partial charge in [-0.1, -0.05) is 42.5 Å². The fourth-order valence-electron chi connectivity index (χ4n) is 4.06. The molecule has 9 nitrogen and oxygen atoms in total. The molecule has 1 unspecified atom stereocenters. The van der Waals surface area contributed by atoms with Gasteiger partial charge in [0.05, 0.1) is 12.7 Å². The number of aromatic nitrogens is 2. The third kappa shape index (κ3) is 5.75. The van der Waals surface area contributed by atoms with Gasteiger partial charge in [-0.05, 0) is 29.7 Å². The fraction of sp³-hybridized carbons (Fsp3) is 0.308. The Morgan fingerprint density at radius 2 is 1.97 bits per heavy atom. The Kier molecular flexibility index (Phi) is 7.57. The lowest BCUT2D eigenvalue weighted by molar-refractivity contribution is 0.0288. The van der Waals surface area contributed by atoms with E-state index >= 15 is 0 Å². The number of amides is 2. The minimum atomic E-state index is -0.968. The highest BCUT2D eigenvalue weighted by atomic mass is 16.5. The van der Waals surface area contributed by atoms with Crippen LogP contribution >= 0.6 is 0 Å². The molecule has 1 aliphatic heterocycles. The third-order valence-electron chi connectivity index (χ3n) is 6.09. The number of hydrogen-bond donors (Lipinski definition) is 1. The number of hydrogen-bond acceptors (Lipinski definition) is 6. The summed E-state index contributed by atoms with van der Waals surface area (Å²) in [4.78, 5) is 37.8. The molecular weight excluding hydrogens is 446 g/mol. The van der Waals surface area contributed by atoms with Gasteiger partial charge in [0.15, 0.2) is 0 Å². The number of anilines is 2. The Balaban J connectivity index is 1.50. The molecule has 4 rings (SSSR count). The van der Waals surface area contributed by atoms with Gasteiger partial charge in [0.2, 0.25) is 0 Å². The number of likely N-dealkylation sites (N-methyl/N-ethyl adjacent to an activating group) is 1. The van der Waals surface area contributed by atoms with Gasteiger partial charge in [-0.3, -0.25) is 4.79 Å². The monoisotopic (exact) mass is 475 g/mol. The average molecular weight is 476 g/mol. The van der Waals surface area contributed by atoms with E-state index in [2.05, 4.69) is 9.97 Å². The van der Waals surface area contributed by atoms with Crippen molar-refractivity contribution in [3.63, 3.8) is 0 Å². The smallest absolute Gasteiger partial charge is 0.407 e. The summed E-state index contributed by atoms with van der Waals surface area (Å²) >= 11 is 0. The van der Waals surface area contributed by atoms with Crippen molar-refractivity contribution >= 4 is 23.5 Å². The second-order valence-corrected chi connectivity index (χ2v) is 8.51. The zero-order valence-electron chi connectivity index (χ0n) is 19.9. The minimum Gasteiger partial charge on any atom is -0.465 e. The average Bonchev–Trinajstić information content (AvgIpc) is 3.01. The summed E-state index contributed by atoms with van der Waals surface area (Å²) < 4.78 is 6.26. The maximum absolute atomic E-state index is 13.3. The summed E-state index contributed by atoms with van der Waals surface area (Å²) in [5.41, 5.74) is 3.17. The molecule has 9 heteroatoms. The number of rotatable bonds is 8. The topological polar surface area (TPSA) is 99.1 Å². The van der Waals surface area contributed by atoms with Gasteiger partial charge in [-0.25, -0.2) is 14.8 Å². The van der Waals surface area contributed by atoms with Crippen LogP contribution < -0.4 is 9.80 Å². The van der Waals surface area contributed by atoms with Crippen LogP contribution in [0, 0.1) is 0 Å². The first-order valence-electron chi connectivity index (χ1n) is 11.5. The van der Waals surface area contributed by atoms with Crippen molar-refractivity contribution in [3.8, 4) is 0 Å². The first-order chi connectivity index (χ1) is 16.9. The molecule has 1 N–H and O–H groups in total. The number of benzene rings is 2. The zero-order valence-corrected chi connectivity index (χ0v) is 19.9. The third-order valence-corrected chi connectivity index (χ3v) is 6.09. The van der Waals surface area contributed by atoms with E-state index in [0.29, 0.717) is 44.0 Å². The summed E-state index contributed by atoms with van der Waals surface area (Å²) in [5, 5.41) is 9.19. The standard InChI is InChI=1S/C26H29N5O4/c1-29-13-14-31(25(32)22-16-27-18-28-24(22)29)21-10-6-7-19(15-21)17-35-23(11-12-30(2)26(33)34)20-8-4-3-5-9-20/h3-10,15-16,18,23H,11-14,17H2,1-2H3,(H,33,34). The van der Waals surface area contributed by atoms with Crippen molar-refractivity contribution in [2.45, 2.75) is 19.1 Å². The lowest BCUT2D eigenvalue weighted by Crippen LogP contribution is -2.33. The van der Waals surface area contributed by atoms with Gasteiger partial charge >= 0.3 is 6.09 Å². The summed E-state index contributed by atoms with van der Waals surface area (Å²) in [6.45, 7) is 1.84. The predicted molar refractivity (Wildman–Crippen MR) is 133 cm³/mol. The van der Waals surface area contributed by atoms with Crippen LogP contribution in [0.15, 0.2) is 67.1 Å². The molecule has 3 aromatic rings. The predicted octanol–water partition coefficient (Wildman–Crippen LogP) is 3.83. The number of nitrogens with zero attached hydrogens (tertiary/aromatic N) is 5. The van der Waals surface area contributed by atoms with E-state index in [0.717, 1.165) is 16.8 Å². The highest BCUT2D eigenvalue weighted by Crippen LogP contribution is 2.27. The summed E-state index contributed by atoms with van der Waals surface area (Å²) in [6, 6.07) is 17.5. The molecule has 0 radical (unpaired) electrons. The van der Waals surface area contributed by atoms with Crippen molar-refractivity contribution in [1.29, 1.82) is 0 Å². The quantitative estimate of drug-likeness (QED) is 0.529. The number of carbonyl (C=O) groups excluding carboxylic acids is 1. The van der Waals surface area contributed by atoms with E-state index in [9.17, 15) is 14.7 Å². The zero-order chi connectivity index (χ0) is 24.8. The molecule has 0 fully saturated rings. The van der Waals surface area contributed by atoms with E-state index in [4.69, 9.17) is 4.74 Å². The Morgan fingerprint density at radius 3 is 2.74 bits per heavy atom. The molecule has 35 heavy (non-hydrogen) atoms. The molecule has 0 saturated heterocycles. The van der Waals surface area contributed by atoms with Crippen LogP contribution in [0.25, 0.3) is 0 Å². The molecule has 1 aliphatic rings. The number of ether oxygens (including phenoxy) is 1. The Morgan fingerprint density at radius 1 is 1.17 bits per heavy atom. The lowest BCUT2D eigenvalue weighted by Gasteiger charge is -2.23. The largest absolute Gasteiger partial charge is 0.465 e. The molecule has 2 aromatic carbocycles. The SMILES string of the molecule is CN(CCC(OCc1cccc(N2CCN(C)c3ncncc3C2=O)c1)c1ccccc1)C(=O)O. The van der Waals surface area contributed by atoms with E-state index in [1.54, 1.807) is 18.1 Å². The summed E-state index contributed by atoms with van der Waals surface area (Å²) in [7, 11) is 3.46. The molecule has 0 bridgehead atoms. The second kappa shape index (κ2) is 11.0. The fourth-order valence-corrected chi connectivity index (χ4v) is 4.06. The van der Waals surface area contributed by atoms with Crippen LogP contribution in [0.1, 0.15) is 34.0 Å². The maximum Gasteiger partial charge on any atom is 0.407 e. The highest BCUT2D eigenvalue weighted by Gasteiger charge is 2.27. The van der Waals surface area contributed by atoms with E-state index in [1.165, 1.54) is 11.2 Å². The van der Waals surface area contributed by atoms with Crippen molar-refractivity contribution in [1.82, 2.24) is 14.9 Å². The minimum absolute atomic E-state index is 0.137. The van der Waals surface area contributed by atoms with Crippen LogP contribution in [-0.4, -0.2) is 65.7 Å². The first-order valence-corrected chi connectivity index (χ1v) is 11.5. The van der Waals surface area contributed by atoms with Crippen LogP contribution in [0.4, 0.5) is 16.3 Å². The van der Waals surface area contributed by atoms with Gasteiger partial charge in [0.1, 0.15) is 17.7 Å². The molecule has 0 spiro atoms. The van der Waals surface area contributed by atoms with Gasteiger partial charge in [0.25, 0.3) is 5.91 Å². The molecule has 0 saturated carbocycles. The van der Waals surface area contributed by atoms with Gasteiger partial charge in [-0.15, -0.1) is 0 Å². The maximum atomic E-state index is 13.3.